The van der Waals surface area contributed by atoms with Crippen molar-refractivity contribution in [3.63, 3.8) is 0 Å². The molecule has 6 rings (SSSR count). The maximum atomic E-state index is 11.9. The van der Waals surface area contributed by atoms with Gasteiger partial charge in [-0.2, -0.15) is 4.58 Å². The van der Waals surface area contributed by atoms with Gasteiger partial charge in [-0.3, -0.25) is 9.59 Å². The molecule has 0 bridgehead atoms. The minimum Gasteiger partial charge on any atom is -0.481 e. The molecule has 1 aliphatic carbocycles. The summed E-state index contributed by atoms with van der Waals surface area (Å²) in [6.07, 6.45) is 15.3. The number of ether oxygens (including phenoxy) is 2. The van der Waals surface area contributed by atoms with Gasteiger partial charge in [0.25, 0.3) is 6.47 Å². The molecule has 2 N–H and O–H groups in total. The lowest BCUT2D eigenvalue weighted by molar-refractivity contribution is -0.435. The fraction of sp³-hybridized carbons (Fsp3) is 0.316. The maximum Gasteiger partial charge on any atom is 0.345 e. The minimum atomic E-state index is -1.21. The number of allylic oxidation sites excluding steroid dienone is 7. The number of carboxylic acid groups (broad SMARTS) is 2. The monoisotopic (exact) mass is 635 g/mol. The molecule has 2 heterocycles. The molecule has 0 spiro atoms. The lowest BCUT2D eigenvalue weighted by Crippen LogP contribution is -2.38. The van der Waals surface area contributed by atoms with Crippen LogP contribution < -0.4 is 0 Å². The molecular formula is C38H39N2O7+. The molecule has 0 aromatic heterocycles. The zero-order chi connectivity index (χ0) is 33.0. The lowest BCUT2D eigenvalue weighted by Gasteiger charge is -2.30. The highest BCUT2D eigenvalue weighted by Gasteiger charge is 2.53. The van der Waals surface area contributed by atoms with Crippen molar-refractivity contribution in [3.8, 4) is 0 Å². The van der Waals surface area contributed by atoms with Crippen LogP contribution in [0.15, 0.2) is 96.9 Å². The molecular weight excluding hydrogens is 596 g/mol. The molecule has 1 fully saturated rings. The zero-order valence-corrected chi connectivity index (χ0v) is 26.4. The predicted molar refractivity (Wildman–Crippen MR) is 180 cm³/mol. The summed E-state index contributed by atoms with van der Waals surface area (Å²) in [7, 11) is 0. The van der Waals surface area contributed by atoms with Crippen LogP contribution in [0.25, 0.3) is 21.5 Å². The molecule has 0 saturated carbocycles. The summed E-state index contributed by atoms with van der Waals surface area (Å²) in [5.41, 5.74) is 3.00. The van der Waals surface area contributed by atoms with Crippen molar-refractivity contribution in [1.82, 2.24) is 4.90 Å². The Bertz CT molecular complexity index is 1870. The van der Waals surface area contributed by atoms with Crippen LogP contribution in [0.2, 0.25) is 0 Å². The summed E-state index contributed by atoms with van der Waals surface area (Å²) in [5, 5.41) is 23.7. The highest BCUT2D eigenvalue weighted by molar-refractivity contribution is 6.19. The zero-order valence-electron chi connectivity index (χ0n) is 26.4. The molecule has 47 heavy (non-hydrogen) atoms. The number of hydrogen-bond donors (Lipinski definition) is 2. The Morgan fingerprint density at radius 2 is 1.79 bits per heavy atom. The Kier molecular flexibility index (Phi) is 9.24. The highest BCUT2D eigenvalue weighted by Crippen LogP contribution is 2.54. The molecule has 9 nitrogen and oxygen atoms in total. The van der Waals surface area contributed by atoms with Crippen LogP contribution in [-0.2, 0) is 29.3 Å². The average Bonchev–Trinajstić information content (AvgIpc) is 3.82. The molecule has 3 unspecified atom stereocenters. The molecule has 3 atom stereocenters. The Balaban J connectivity index is 1.38. The third kappa shape index (κ3) is 6.05. The van der Waals surface area contributed by atoms with E-state index in [1.807, 2.05) is 29.2 Å². The number of fused-ring (bicyclic) bond motifs is 6. The van der Waals surface area contributed by atoms with E-state index in [1.54, 1.807) is 0 Å². The van der Waals surface area contributed by atoms with E-state index in [0.717, 1.165) is 35.0 Å². The van der Waals surface area contributed by atoms with E-state index in [9.17, 15) is 24.6 Å². The minimum absolute atomic E-state index is 0.00422. The van der Waals surface area contributed by atoms with Crippen molar-refractivity contribution in [2.24, 2.45) is 5.92 Å². The van der Waals surface area contributed by atoms with E-state index in [1.165, 1.54) is 16.3 Å². The number of aliphatic carboxylic acids is 2. The summed E-state index contributed by atoms with van der Waals surface area (Å²) in [6, 6.07) is 16.9. The quantitative estimate of drug-likeness (QED) is 0.0762. The average molecular weight is 636 g/mol. The first-order chi connectivity index (χ1) is 22.8. The number of carbonyl (C=O) groups is 3. The molecule has 2 aliphatic heterocycles. The lowest BCUT2D eigenvalue weighted by atomic mass is 9.67. The first-order valence-electron chi connectivity index (χ1n) is 16.1. The van der Waals surface area contributed by atoms with Gasteiger partial charge in [-0.25, -0.2) is 4.79 Å². The van der Waals surface area contributed by atoms with Crippen molar-refractivity contribution in [2.45, 2.75) is 44.1 Å². The summed E-state index contributed by atoms with van der Waals surface area (Å²) < 4.78 is 12.7. The smallest absolute Gasteiger partial charge is 0.345 e. The van der Waals surface area contributed by atoms with Crippen molar-refractivity contribution >= 4 is 51.4 Å². The third-order valence-corrected chi connectivity index (χ3v) is 9.62. The number of rotatable bonds is 13. The van der Waals surface area contributed by atoms with E-state index in [0.29, 0.717) is 32.1 Å². The topological polar surface area (TPSA) is 116 Å². The van der Waals surface area contributed by atoms with Crippen molar-refractivity contribution in [3.05, 3.63) is 103 Å². The van der Waals surface area contributed by atoms with E-state index >= 15 is 0 Å². The van der Waals surface area contributed by atoms with Crippen LogP contribution in [0.5, 0.6) is 0 Å². The fourth-order valence-corrected chi connectivity index (χ4v) is 7.43. The van der Waals surface area contributed by atoms with Gasteiger partial charge in [0.2, 0.25) is 5.69 Å². The molecule has 3 aromatic carbocycles. The normalized spacial score (nSPS) is 22.2. The van der Waals surface area contributed by atoms with E-state index in [-0.39, 0.29) is 25.2 Å². The molecule has 3 aromatic rings. The Hall–Kier alpha value is -5.18. The second-order valence-electron chi connectivity index (χ2n) is 12.2. The van der Waals surface area contributed by atoms with Crippen molar-refractivity contribution < 1.29 is 38.6 Å². The number of hydrogen-bond acceptors (Lipinski definition) is 6. The number of carbonyl (C=O) groups excluding carboxylic acids is 1. The number of benzene rings is 3. The Morgan fingerprint density at radius 1 is 1.06 bits per heavy atom. The summed E-state index contributed by atoms with van der Waals surface area (Å²) >= 11 is 0. The van der Waals surface area contributed by atoms with Gasteiger partial charge in [-0.05, 0) is 54.0 Å². The predicted octanol–water partition coefficient (Wildman–Crippen LogP) is 6.09. The largest absolute Gasteiger partial charge is 0.481 e. The second kappa shape index (κ2) is 13.7. The molecule has 1 saturated heterocycles. The van der Waals surface area contributed by atoms with Crippen LogP contribution >= 0.6 is 0 Å². The van der Waals surface area contributed by atoms with Crippen LogP contribution in [0, 0.1) is 5.92 Å². The number of carboxylic acids is 2. The van der Waals surface area contributed by atoms with Gasteiger partial charge in [0, 0.05) is 24.6 Å². The summed E-state index contributed by atoms with van der Waals surface area (Å²) in [6.45, 7) is 4.26. The summed E-state index contributed by atoms with van der Waals surface area (Å²) in [5.74, 6) is -1.16. The van der Waals surface area contributed by atoms with E-state index in [2.05, 4.69) is 78.3 Å². The van der Waals surface area contributed by atoms with Crippen molar-refractivity contribution in [1.29, 1.82) is 0 Å². The Labute approximate surface area is 273 Å². The second-order valence-corrected chi connectivity index (χ2v) is 12.2. The van der Waals surface area contributed by atoms with Gasteiger partial charge in [0.15, 0.2) is 24.2 Å². The van der Waals surface area contributed by atoms with Crippen molar-refractivity contribution in [2.75, 3.05) is 26.2 Å². The number of nitrogens with zero attached hydrogens (tertiary/aromatic N) is 2. The SMILES string of the molecule is CC1(C2C=CCC2)C(/C=C/C=C/C=C2/OCCN2CCC(OC=O)C(=O)O)=[N+](CCC(=O)O)c2c1c1ccccc1c1ccccc21. The fourth-order valence-electron chi connectivity index (χ4n) is 7.43. The first-order valence-corrected chi connectivity index (χ1v) is 16.1. The van der Waals surface area contributed by atoms with Gasteiger partial charge < -0.3 is 24.6 Å². The first kappa shape index (κ1) is 31.8. The standard InChI is InChI=1S/C38H38N2O7/c1-38(26-11-5-6-12-26)32(17-3-2-4-18-33-39(23-24-46-33)21-19-31(37(44)45)47-25-41)40(22-20-34(42)43)36-30-16-10-8-14-28(30)27-13-7-9-15-29(27)35(36)38/h2-5,7-11,13-18,25-26,31H,6,12,19-24H2,1H3,(H-,42,43,44,45)/p+1. The van der Waals surface area contributed by atoms with Gasteiger partial charge >= 0.3 is 11.9 Å². The molecule has 3 aliphatic rings. The maximum absolute atomic E-state index is 11.9. The van der Waals surface area contributed by atoms with Gasteiger partial charge in [-0.15, -0.1) is 0 Å². The van der Waals surface area contributed by atoms with Crippen LogP contribution in [0.1, 0.15) is 38.2 Å². The molecule has 9 heteroatoms. The summed E-state index contributed by atoms with van der Waals surface area (Å²) in [4.78, 5) is 35.9. The Morgan fingerprint density at radius 3 is 2.47 bits per heavy atom. The van der Waals surface area contributed by atoms with Gasteiger partial charge in [0.1, 0.15) is 13.0 Å². The third-order valence-electron chi connectivity index (χ3n) is 9.62. The highest BCUT2D eigenvalue weighted by atomic mass is 16.5. The molecule has 0 radical (unpaired) electrons. The van der Waals surface area contributed by atoms with Crippen LogP contribution in [-0.4, -0.2) is 76.2 Å². The van der Waals surface area contributed by atoms with E-state index < -0.39 is 23.5 Å². The molecule has 242 valence electrons. The van der Waals surface area contributed by atoms with Gasteiger partial charge in [0.05, 0.1) is 17.3 Å². The van der Waals surface area contributed by atoms with Gasteiger partial charge in [-0.1, -0.05) is 72.8 Å². The van der Waals surface area contributed by atoms with Crippen LogP contribution in [0.4, 0.5) is 5.69 Å². The van der Waals surface area contributed by atoms with E-state index in [4.69, 9.17) is 9.47 Å². The molecule has 0 amide bonds. The van der Waals surface area contributed by atoms with Crippen LogP contribution in [0.3, 0.4) is 0 Å².